The van der Waals surface area contributed by atoms with Crippen LogP contribution in [0.3, 0.4) is 0 Å². The quantitative estimate of drug-likeness (QED) is 0.415. The minimum absolute atomic E-state index is 0.103. The van der Waals surface area contributed by atoms with E-state index in [4.69, 9.17) is 0 Å². The van der Waals surface area contributed by atoms with Crippen LogP contribution >= 0.6 is 15.9 Å². The highest BCUT2D eigenvalue weighted by Gasteiger charge is 2.42. The molecule has 0 bridgehead atoms. The standard InChI is InChI=1S/C23H34BrNO/c1-3-4-5-6-7-12-22(26)25-17-23(2,16-18-10-8-9-11-18)20-15-19(24)13-14-21(20)25/h13-15,18H,3-12,16-17H2,1-2H3. The first kappa shape index (κ1) is 19.9. The van der Waals surface area contributed by atoms with Gasteiger partial charge in [0.05, 0.1) is 0 Å². The highest BCUT2D eigenvalue weighted by Crippen LogP contribution is 2.47. The predicted octanol–water partition coefficient (Wildman–Crippen LogP) is 6.99. The third-order valence-corrected chi connectivity index (χ3v) is 6.91. The van der Waals surface area contributed by atoms with E-state index in [9.17, 15) is 4.79 Å². The summed E-state index contributed by atoms with van der Waals surface area (Å²) in [7, 11) is 0. The van der Waals surface area contributed by atoms with Gasteiger partial charge in [0, 0.05) is 28.5 Å². The number of carbonyl (C=O) groups is 1. The van der Waals surface area contributed by atoms with Gasteiger partial charge in [-0.3, -0.25) is 4.79 Å². The van der Waals surface area contributed by atoms with Crippen LogP contribution in [0.2, 0.25) is 0 Å². The molecular formula is C23H34BrNO. The summed E-state index contributed by atoms with van der Waals surface area (Å²) in [6, 6.07) is 6.49. The lowest BCUT2D eigenvalue weighted by Crippen LogP contribution is -2.36. The van der Waals surface area contributed by atoms with E-state index in [1.807, 2.05) is 0 Å². The first-order chi connectivity index (χ1) is 12.5. The van der Waals surface area contributed by atoms with E-state index in [0.29, 0.717) is 12.3 Å². The zero-order chi connectivity index (χ0) is 18.6. The number of anilines is 1. The van der Waals surface area contributed by atoms with Gasteiger partial charge in [-0.1, -0.05) is 81.1 Å². The average molecular weight is 420 g/mol. The molecule has 1 aromatic carbocycles. The van der Waals surface area contributed by atoms with Gasteiger partial charge in [0.25, 0.3) is 0 Å². The van der Waals surface area contributed by atoms with Crippen molar-refractivity contribution in [3.63, 3.8) is 0 Å². The van der Waals surface area contributed by atoms with Gasteiger partial charge in [-0.2, -0.15) is 0 Å². The largest absolute Gasteiger partial charge is 0.311 e. The Labute approximate surface area is 167 Å². The maximum Gasteiger partial charge on any atom is 0.227 e. The molecule has 2 aliphatic rings. The number of amides is 1. The summed E-state index contributed by atoms with van der Waals surface area (Å²) in [6.07, 6.45) is 13.4. The Kier molecular flexibility index (Phi) is 6.82. The molecule has 144 valence electrons. The van der Waals surface area contributed by atoms with Crippen LogP contribution in [0.15, 0.2) is 22.7 Å². The van der Waals surface area contributed by atoms with Crippen molar-refractivity contribution >= 4 is 27.5 Å². The van der Waals surface area contributed by atoms with Crippen molar-refractivity contribution in [1.82, 2.24) is 0 Å². The topological polar surface area (TPSA) is 20.3 Å². The second-order valence-corrected chi connectivity index (χ2v) is 9.64. The Morgan fingerprint density at radius 1 is 1.19 bits per heavy atom. The van der Waals surface area contributed by atoms with E-state index in [1.54, 1.807) is 0 Å². The maximum absolute atomic E-state index is 13.0. The molecule has 1 aromatic rings. The van der Waals surface area contributed by atoms with Gasteiger partial charge in [0.2, 0.25) is 5.91 Å². The van der Waals surface area contributed by atoms with Crippen LogP contribution in [-0.2, 0) is 10.2 Å². The van der Waals surface area contributed by atoms with E-state index in [0.717, 1.165) is 29.0 Å². The Morgan fingerprint density at radius 2 is 1.92 bits per heavy atom. The van der Waals surface area contributed by atoms with Gasteiger partial charge < -0.3 is 4.90 Å². The third kappa shape index (κ3) is 4.52. The smallest absolute Gasteiger partial charge is 0.227 e. The number of hydrogen-bond donors (Lipinski definition) is 0. The number of nitrogens with zero attached hydrogens (tertiary/aromatic N) is 1. The Hall–Kier alpha value is -0.830. The van der Waals surface area contributed by atoms with Crippen LogP contribution < -0.4 is 4.90 Å². The Bertz CT molecular complexity index is 623. The summed E-state index contributed by atoms with van der Waals surface area (Å²) in [5.74, 6) is 1.15. The first-order valence-electron chi connectivity index (χ1n) is 10.6. The number of hydrogen-bond acceptors (Lipinski definition) is 1. The molecule has 2 nitrogen and oxygen atoms in total. The molecule has 0 spiro atoms. The molecule has 1 aliphatic carbocycles. The zero-order valence-electron chi connectivity index (χ0n) is 16.5. The van der Waals surface area contributed by atoms with Crippen LogP contribution in [0.4, 0.5) is 5.69 Å². The monoisotopic (exact) mass is 419 g/mol. The predicted molar refractivity (Wildman–Crippen MR) is 114 cm³/mol. The fourth-order valence-electron chi connectivity index (χ4n) is 5.01. The summed E-state index contributed by atoms with van der Waals surface area (Å²) in [4.78, 5) is 15.1. The van der Waals surface area contributed by atoms with Crippen molar-refractivity contribution in [1.29, 1.82) is 0 Å². The van der Waals surface area contributed by atoms with Gasteiger partial charge in [-0.05, 0) is 42.5 Å². The lowest BCUT2D eigenvalue weighted by molar-refractivity contribution is -0.118. The van der Waals surface area contributed by atoms with Crippen molar-refractivity contribution in [3.8, 4) is 0 Å². The number of halogens is 1. The molecule has 3 rings (SSSR count). The van der Waals surface area contributed by atoms with Crippen LogP contribution in [0.5, 0.6) is 0 Å². The molecule has 3 heteroatoms. The van der Waals surface area contributed by atoms with Crippen molar-refractivity contribution < 1.29 is 4.79 Å². The van der Waals surface area contributed by atoms with Gasteiger partial charge >= 0.3 is 0 Å². The molecule has 0 radical (unpaired) electrons. The van der Waals surface area contributed by atoms with Crippen molar-refractivity contribution in [2.24, 2.45) is 5.92 Å². The minimum atomic E-state index is 0.103. The SMILES string of the molecule is CCCCCCCC(=O)N1CC(C)(CC2CCCC2)c2cc(Br)ccc21. The normalized spacial score (nSPS) is 22.8. The molecule has 1 saturated carbocycles. The van der Waals surface area contributed by atoms with Gasteiger partial charge in [0.1, 0.15) is 0 Å². The van der Waals surface area contributed by atoms with E-state index < -0.39 is 0 Å². The van der Waals surface area contributed by atoms with Crippen molar-refractivity contribution in [2.75, 3.05) is 11.4 Å². The maximum atomic E-state index is 13.0. The van der Waals surface area contributed by atoms with Gasteiger partial charge in [-0.25, -0.2) is 0 Å². The Morgan fingerprint density at radius 3 is 2.65 bits per heavy atom. The molecule has 1 heterocycles. The fraction of sp³-hybridized carbons (Fsp3) is 0.696. The highest BCUT2D eigenvalue weighted by molar-refractivity contribution is 9.10. The molecule has 26 heavy (non-hydrogen) atoms. The van der Waals surface area contributed by atoms with Crippen LogP contribution in [-0.4, -0.2) is 12.5 Å². The summed E-state index contributed by atoms with van der Waals surface area (Å²) in [6.45, 7) is 5.48. The second-order valence-electron chi connectivity index (χ2n) is 8.72. The number of unbranched alkanes of at least 4 members (excludes halogenated alkanes) is 4. The summed E-state index contributed by atoms with van der Waals surface area (Å²) >= 11 is 3.65. The molecule has 1 fully saturated rings. The number of fused-ring (bicyclic) bond motifs is 1. The molecule has 0 N–H and O–H groups in total. The molecular weight excluding hydrogens is 386 g/mol. The van der Waals surface area contributed by atoms with E-state index >= 15 is 0 Å². The molecule has 1 atom stereocenters. The number of benzene rings is 1. The summed E-state index contributed by atoms with van der Waals surface area (Å²) in [5.41, 5.74) is 2.64. The number of carbonyl (C=O) groups excluding carboxylic acids is 1. The summed E-state index contributed by atoms with van der Waals surface area (Å²) < 4.78 is 1.13. The lowest BCUT2D eigenvalue weighted by atomic mass is 9.76. The lowest BCUT2D eigenvalue weighted by Gasteiger charge is -2.29. The van der Waals surface area contributed by atoms with E-state index in [1.165, 1.54) is 63.4 Å². The molecule has 1 aliphatic heterocycles. The van der Waals surface area contributed by atoms with Gasteiger partial charge in [0.15, 0.2) is 0 Å². The third-order valence-electron chi connectivity index (χ3n) is 6.42. The minimum Gasteiger partial charge on any atom is -0.311 e. The summed E-state index contributed by atoms with van der Waals surface area (Å²) in [5, 5.41) is 0. The zero-order valence-corrected chi connectivity index (χ0v) is 18.1. The second kappa shape index (κ2) is 8.91. The van der Waals surface area contributed by atoms with Crippen LogP contribution in [0.25, 0.3) is 0 Å². The molecule has 0 aromatic heterocycles. The molecule has 1 unspecified atom stereocenters. The fourth-order valence-corrected chi connectivity index (χ4v) is 5.37. The van der Waals surface area contributed by atoms with Crippen LogP contribution in [0.1, 0.15) is 90.0 Å². The molecule has 0 saturated heterocycles. The van der Waals surface area contributed by atoms with Crippen molar-refractivity contribution in [3.05, 3.63) is 28.2 Å². The average Bonchev–Trinajstić information content (AvgIpc) is 3.21. The Balaban J connectivity index is 1.71. The van der Waals surface area contributed by atoms with Crippen LogP contribution in [0, 0.1) is 5.92 Å². The first-order valence-corrected chi connectivity index (χ1v) is 11.4. The number of rotatable bonds is 8. The highest BCUT2D eigenvalue weighted by atomic mass is 79.9. The van der Waals surface area contributed by atoms with E-state index in [2.05, 4.69) is 52.9 Å². The molecule has 1 amide bonds. The van der Waals surface area contributed by atoms with Gasteiger partial charge in [-0.15, -0.1) is 0 Å². The van der Waals surface area contributed by atoms with Crippen molar-refractivity contribution in [2.45, 2.75) is 89.9 Å². The van der Waals surface area contributed by atoms with E-state index in [-0.39, 0.29) is 5.41 Å².